The fourth-order valence-corrected chi connectivity index (χ4v) is 2.36. The van der Waals surface area contributed by atoms with Crippen molar-refractivity contribution in [2.24, 2.45) is 5.73 Å². The van der Waals surface area contributed by atoms with E-state index in [4.69, 9.17) is 28.9 Å². The van der Waals surface area contributed by atoms with Gasteiger partial charge in [-0.25, -0.2) is 0 Å². The first-order chi connectivity index (χ1) is 9.00. The Kier molecular flexibility index (Phi) is 4.12. The smallest absolute Gasteiger partial charge is 0.267 e. The summed E-state index contributed by atoms with van der Waals surface area (Å²) < 4.78 is 0. The molecule has 0 unspecified atom stereocenters. The zero-order chi connectivity index (χ0) is 14.0. The molecule has 0 aliphatic carbocycles. The Bertz CT molecular complexity index is 543. The van der Waals surface area contributed by atoms with E-state index in [1.165, 1.54) is 4.90 Å². The number of benzene rings is 1. The molecule has 0 spiro atoms. The maximum absolute atomic E-state index is 11.9. The Morgan fingerprint density at radius 2 is 1.95 bits per heavy atom. The van der Waals surface area contributed by atoms with Crippen LogP contribution in [0.15, 0.2) is 40.4 Å². The van der Waals surface area contributed by atoms with E-state index in [1.54, 1.807) is 0 Å². The van der Waals surface area contributed by atoms with Crippen LogP contribution in [0.5, 0.6) is 0 Å². The van der Waals surface area contributed by atoms with Crippen LogP contribution >= 0.6 is 23.2 Å². The molecule has 2 amide bonds. The molecule has 1 aliphatic heterocycles. The Balaban J connectivity index is 2.19. The maximum atomic E-state index is 11.9. The maximum Gasteiger partial charge on any atom is 0.267 e. The van der Waals surface area contributed by atoms with Gasteiger partial charge in [0.05, 0.1) is 11.6 Å². The van der Waals surface area contributed by atoms with Gasteiger partial charge in [0.1, 0.15) is 11.1 Å². The monoisotopic (exact) mass is 298 g/mol. The van der Waals surface area contributed by atoms with Crippen LogP contribution in [0.4, 0.5) is 0 Å². The fourth-order valence-electron chi connectivity index (χ4n) is 1.99. The van der Waals surface area contributed by atoms with Crippen molar-refractivity contribution in [1.82, 2.24) is 4.90 Å². The van der Waals surface area contributed by atoms with Crippen LogP contribution in [0.2, 0.25) is 0 Å². The average molecular weight is 299 g/mol. The largest absolute Gasteiger partial charge is 0.368 e. The molecule has 0 aromatic heterocycles. The van der Waals surface area contributed by atoms with Gasteiger partial charge in [0.15, 0.2) is 0 Å². The van der Waals surface area contributed by atoms with Gasteiger partial charge in [0.25, 0.3) is 5.91 Å². The molecule has 1 heterocycles. The molecule has 2 N–H and O–H groups in total. The summed E-state index contributed by atoms with van der Waals surface area (Å²) in [5, 5.41) is 0.201. The zero-order valence-electron chi connectivity index (χ0n) is 9.98. The van der Waals surface area contributed by atoms with Crippen molar-refractivity contribution < 1.29 is 9.59 Å². The lowest BCUT2D eigenvalue weighted by Gasteiger charge is -2.25. The second-order valence-corrected chi connectivity index (χ2v) is 5.09. The second kappa shape index (κ2) is 5.63. The quantitative estimate of drug-likeness (QED) is 0.918. The molecule has 19 heavy (non-hydrogen) atoms. The Labute approximate surface area is 120 Å². The number of rotatable bonds is 4. The minimum atomic E-state index is -0.750. The van der Waals surface area contributed by atoms with Gasteiger partial charge in [0, 0.05) is 6.42 Å². The van der Waals surface area contributed by atoms with E-state index in [0.29, 0.717) is 6.42 Å². The van der Waals surface area contributed by atoms with Crippen LogP contribution in [-0.4, -0.2) is 29.3 Å². The molecular weight excluding hydrogens is 287 g/mol. The molecule has 1 aliphatic rings. The molecule has 0 saturated heterocycles. The van der Waals surface area contributed by atoms with Crippen molar-refractivity contribution in [3.8, 4) is 0 Å². The summed E-state index contributed by atoms with van der Waals surface area (Å²) in [5.74, 6) is -1.03. The lowest BCUT2D eigenvalue weighted by atomic mass is 10.0. The molecular formula is C13H12Cl2N2O2. The number of hydrogen-bond acceptors (Lipinski definition) is 2. The molecule has 0 saturated carbocycles. The van der Waals surface area contributed by atoms with Crippen LogP contribution in [0, 0.1) is 0 Å². The summed E-state index contributed by atoms with van der Waals surface area (Å²) in [7, 11) is 0. The summed E-state index contributed by atoms with van der Waals surface area (Å²) in [6.07, 6.45) is 0.344. The number of nitrogens with two attached hydrogens (primary N) is 1. The minimum absolute atomic E-state index is 0.0408. The van der Waals surface area contributed by atoms with E-state index in [1.807, 2.05) is 30.3 Å². The van der Waals surface area contributed by atoms with Crippen LogP contribution in [0.25, 0.3) is 0 Å². The van der Waals surface area contributed by atoms with Crippen molar-refractivity contribution >= 4 is 35.0 Å². The van der Waals surface area contributed by atoms with Gasteiger partial charge in [-0.1, -0.05) is 53.5 Å². The van der Waals surface area contributed by atoms with Crippen molar-refractivity contribution in [3.05, 3.63) is 46.0 Å². The molecule has 6 heteroatoms. The van der Waals surface area contributed by atoms with Crippen LogP contribution in [0.3, 0.4) is 0 Å². The predicted octanol–water partition coefficient (Wildman–Crippen LogP) is 1.61. The van der Waals surface area contributed by atoms with E-state index >= 15 is 0 Å². The summed E-state index contributed by atoms with van der Waals surface area (Å²) in [6, 6.07) is 8.58. The summed E-state index contributed by atoms with van der Waals surface area (Å²) in [6.45, 7) is 0.125. The third-order valence-corrected chi connectivity index (χ3v) is 3.77. The highest BCUT2D eigenvalue weighted by molar-refractivity contribution is 6.49. The molecule has 1 aromatic rings. The summed E-state index contributed by atoms with van der Waals surface area (Å²) in [5.41, 5.74) is 6.30. The van der Waals surface area contributed by atoms with Gasteiger partial charge >= 0.3 is 0 Å². The molecule has 4 nitrogen and oxygen atoms in total. The first kappa shape index (κ1) is 13.9. The minimum Gasteiger partial charge on any atom is -0.368 e. The van der Waals surface area contributed by atoms with E-state index in [9.17, 15) is 9.59 Å². The summed E-state index contributed by atoms with van der Waals surface area (Å²) >= 11 is 11.6. The lowest BCUT2D eigenvalue weighted by Crippen LogP contribution is -2.47. The van der Waals surface area contributed by atoms with Gasteiger partial charge in [-0.3, -0.25) is 9.59 Å². The Morgan fingerprint density at radius 3 is 2.42 bits per heavy atom. The highest BCUT2D eigenvalue weighted by Crippen LogP contribution is 2.27. The molecule has 2 rings (SSSR count). The van der Waals surface area contributed by atoms with Crippen LogP contribution in [0.1, 0.15) is 5.56 Å². The highest BCUT2D eigenvalue weighted by atomic mass is 35.5. The van der Waals surface area contributed by atoms with Crippen molar-refractivity contribution in [2.45, 2.75) is 12.5 Å². The van der Waals surface area contributed by atoms with Gasteiger partial charge < -0.3 is 10.6 Å². The first-order valence-electron chi connectivity index (χ1n) is 5.69. The van der Waals surface area contributed by atoms with E-state index in [-0.39, 0.29) is 16.6 Å². The number of amides is 2. The number of nitrogens with zero attached hydrogens (tertiary/aromatic N) is 1. The van der Waals surface area contributed by atoms with Crippen molar-refractivity contribution in [1.29, 1.82) is 0 Å². The number of hydrogen-bond donors (Lipinski definition) is 1. The van der Waals surface area contributed by atoms with Crippen molar-refractivity contribution in [2.75, 3.05) is 6.54 Å². The van der Waals surface area contributed by atoms with Gasteiger partial charge in [0.2, 0.25) is 5.91 Å². The lowest BCUT2D eigenvalue weighted by molar-refractivity contribution is -0.134. The number of carbonyl (C=O) groups is 2. The van der Waals surface area contributed by atoms with Gasteiger partial charge in [-0.2, -0.15) is 0 Å². The summed E-state index contributed by atoms with van der Waals surface area (Å²) in [4.78, 5) is 24.8. The van der Waals surface area contributed by atoms with Crippen molar-refractivity contribution in [3.63, 3.8) is 0 Å². The third kappa shape index (κ3) is 2.91. The Morgan fingerprint density at radius 1 is 1.32 bits per heavy atom. The SMILES string of the molecule is NC(=O)[C@H](Cc1ccccc1)N1CC(Cl)=C(Cl)C1=O. The normalized spacial score (nSPS) is 16.9. The third-order valence-electron chi connectivity index (χ3n) is 2.97. The molecule has 0 fully saturated rings. The molecule has 1 atom stereocenters. The molecule has 1 aromatic carbocycles. The average Bonchev–Trinajstić information content (AvgIpc) is 2.64. The molecule has 100 valence electrons. The second-order valence-electron chi connectivity index (χ2n) is 4.26. The van der Waals surface area contributed by atoms with Crippen LogP contribution in [-0.2, 0) is 16.0 Å². The predicted molar refractivity (Wildman–Crippen MR) is 73.6 cm³/mol. The highest BCUT2D eigenvalue weighted by Gasteiger charge is 2.36. The number of halogens is 2. The number of carbonyl (C=O) groups excluding carboxylic acids is 2. The van der Waals surface area contributed by atoms with Crippen LogP contribution < -0.4 is 5.73 Å². The molecule has 0 radical (unpaired) electrons. The standard InChI is InChI=1S/C13H12Cl2N2O2/c14-9-7-17(13(19)11(9)15)10(12(16)18)6-8-4-2-1-3-5-8/h1-5,10H,6-7H2,(H2,16,18)/t10-/m0/s1. The van der Waals surface area contributed by atoms with Gasteiger partial charge in [-0.15, -0.1) is 0 Å². The first-order valence-corrected chi connectivity index (χ1v) is 6.44. The zero-order valence-corrected chi connectivity index (χ0v) is 11.5. The van der Waals surface area contributed by atoms with E-state index < -0.39 is 17.9 Å². The number of primary amides is 1. The van der Waals surface area contributed by atoms with Gasteiger partial charge in [-0.05, 0) is 5.56 Å². The topological polar surface area (TPSA) is 63.4 Å². The Hall–Kier alpha value is -1.52. The van der Waals surface area contributed by atoms with E-state index in [0.717, 1.165) is 5.56 Å². The molecule has 0 bridgehead atoms. The van der Waals surface area contributed by atoms with E-state index in [2.05, 4.69) is 0 Å². The fraction of sp³-hybridized carbons (Fsp3) is 0.231.